The van der Waals surface area contributed by atoms with Crippen LogP contribution in [0.25, 0.3) is 11.1 Å². The number of β-amino-alcohol motifs (C(OH)–C–C–N with tert-alkyl or cyclic N) is 1. The lowest BCUT2D eigenvalue weighted by molar-refractivity contribution is -0.147. The number of aliphatic hydroxyl groups excluding tert-OH is 8. The molecule has 6 aliphatic rings. The molecule has 9 rings (SSSR count). The number of hydrogen-bond acceptors (Lipinski definition) is 23. The van der Waals surface area contributed by atoms with E-state index in [1.54, 1.807) is 12.1 Å². The van der Waals surface area contributed by atoms with E-state index in [2.05, 4.69) is 58.0 Å². The lowest BCUT2D eigenvalue weighted by Gasteiger charge is -2.44. The van der Waals surface area contributed by atoms with Crippen molar-refractivity contribution in [1.29, 1.82) is 0 Å². The number of hydrogen-bond donors (Lipinski definition) is 18. The van der Waals surface area contributed by atoms with Crippen LogP contribution < -0.4 is 41.0 Å². The summed E-state index contributed by atoms with van der Waals surface area (Å²) >= 11 is -4.74. The van der Waals surface area contributed by atoms with E-state index in [9.17, 15) is 93.2 Å². The fraction of sp³-hybridized carbons (Fsp3) is 0.627. The number of aliphatic hydroxyl groups is 8. The van der Waals surface area contributed by atoms with E-state index in [1.807, 2.05) is 12.1 Å². The van der Waals surface area contributed by atoms with Gasteiger partial charge in [-0.2, -0.15) is 0 Å². The number of benzene rings is 3. The second-order valence-electron chi connectivity index (χ2n) is 27.3. The highest BCUT2D eigenvalue weighted by molar-refractivity contribution is 8.15. The van der Waals surface area contributed by atoms with E-state index < -0.39 is 201 Å². The van der Waals surface area contributed by atoms with E-state index in [0.29, 0.717) is 6.04 Å². The largest absolute Gasteiger partial charge is 0.504 e. The number of piperazine rings is 1. The van der Waals surface area contributed by atoms with Gasteiger partial charge in [0.2, 0.25) is 35.4 Å². The molecule has 3 aromatic carbocycles. The molecule has 2 saturated carbocycles. The van der Waals surface area contributed by atoms with Crippen molar-refractivity contribution in [2.45, 2.75) is 182 Å². The summed E-state index contributed by atoms with van der Waals surface area (Å²) in [6, 6.07) is 5.96. The van der Waals surface area contributed by atoms with E-state index in [-0.39, 0.29) is 24.2 Å². The van der Waals surface area contributed by atoms with Crippen molar-refractivity contribution in [3.63, 3.8) is 0 Å². The molecular weight excluding hydrogens is 1300 g/mol. The van der Waals surface area contributed by atoms with E-state index in [0.717, 1.165) is 83.7 Å². The number of rotatable bonds is 19. The normalized spacial score (nSPS) is 29.1. The Balaban J connectivity index is 0.950. The first-order valence-corrected chi connectivity index (χ1v) is 35.5. The van der Waals surface area contributed by atoms with Gasteiger partial charge in [0.25, 0.3) is 17.1 Å². The third-order valence-electron chi connectivity index (χ3n) is 20.3. The van der Waals surface area contributed by atoms with Crippen LogP contribution in [0.3, 0.4) is 0 Å². The molecule has 3 aromatic rings. The second kappa shape index (κ2) is 34.0. The predicted molar refractivity (Wildman–Crippen MR) is 358 cm³/mol. The van der Waals surface area contributed by atoms with Crippen LogP contribution in [0.2, 0.25) is 0 Å². The smallest absolute Gasteiger partial charge is 0.266 e. The minimum atomic E-state index is -4.74. The highest BCUT2D eigenvalue weighted by Gasteiger charge is 2.50. The summed E-state index contributed by atoms with van der Waals surface area (Å²) in [6.45, 7) is 3.49. The highest BCUT2D eigenvalue weighted by Crippen LogP contribution is 2.42. The van der Waals surface area contributed by atoms with Crippen LogP contribution >= 0.6 is 11.2 Å². The van der Waals surface area contributed by atoms with Gasteiger partial charge in [0.05, 0.1) is 55.9 Å². The summed E-state index contributed by atoms with van der Waals surface area (Å²) in [6.07, 6.45) is -0.710. The number of carbonyl (C=O) groups excluding carboxylic acids is 7. The number of fused-ring (bicyclic) bond motifs is 2. The molecule has 6 fully saturated rings. The number of phenols is 1. The van der Waals surface area contributed by atoms with Crippen LogP contribution in [0, 0.1) is 17.8 Å². The molecule has 98 heavy (non-hydrogen) atoms. The molecule has 542 valence electrons. The van der Waals surface area contributed by atoms with Gasteiger partial charge in [-0.3, -0.25) is 52.1 Å². The number of amides is 7. The van der Waals surface area contributed by atoms with Gasteiger partial charge in [0.1, 0.15) is 36.3 Å². The Morgan fingerprint density at radius 1 is 0.673 bits per heavy atom. The molecule has 0 aromatic heterocycles. The predicted octanol–water partition coefficient (Wildman–Crippen LogP) is -0.881. The maximum atomic E-state index is 15.0. The number of nitrogens with zero attached hydrogens (tertiary/aromatic N) is 4. The third kappa shape index (κ3) is 19.2. The van der Waals surface area contributed by atoms with Crippen molar-refractivity contribution in [2.75, 3.05) is 70.5 Å². The van der Waals surface area contributed by atoms with Crippen LogP contribution in [0.4, 0.5) is 5.69 Å². The number of carbonyl (C=O) groups is 7. The Morgan fingerprint density at radius 3 is 1.92 bits per heavy atom. The average molecular weight is 1400 g/mol. The lowest BCUT2D eigenvalue weighted by atomic mass is 9.72. The zero-order valence-corrected chi connectivity index (χ0v) is 56.1. The molecule has 0 spiro atoms. The minimum Gasteiger partial charge on any atom is -0.504 e. The maximum Gasteiger partial charge on any atom is 0.266 e. The molecule has 7 amide bonds. The summed E-state index contributed by atoms with van der Waals surface area (Å²) < 4.78 is 33.4. The summed E-state index contributed by atoms with van der Waals surface area (Å²) in [4.78, 5) is 109. The van der Waals surface area contributed by atoms with Crippen molar-refractivity contribution in [3.05, 3.63) is 77.9 Å². The van der Waals surface area contributed by atoms with E-state index in [4.69, 9.17) is 0 Å². The van der Waals surface area contributed by atoms with Crippen LogP contribution in [-0.2, 0) is 35.2 Å². The van der Waals surface area contributed by atoms with Crippen LogP contribution in [0.5, 0.6) is 11.5 Å². The van der Waals surface area contributed by atoms with Crippen LogP contribution in [0.15, 0.2) is 66.7 Å². The molecule has 18 N–H and O–H groups in total. The molecule has 13 atom stereocenters. The van der Waals surface area contributed by atoms with Crippen LogP contribution in [0.1, 0.15) is 107 Å². The summed E-state index contributed by atoms with van der Waals surface area (Å²) in [5, 5.41) is 114. The molecule has 4 aliphatic heterocycles. The first kappa shape index (κ1) is 75.4. The summed E-state index contributed by atoms with van der Waals surface area (Å²) in [5.41, 5.74) is 2.76. The molecule has 4 heterocycles. The zero-order valence-electron chi connectivity index (χ0n) is 55.3. The Labute approximate surface area is 570 Å². The average Bonchev–Trinajstić information content (AvgIpc) is 1.64. The van der Waals surface area contributed by atoms with Gasteiger partial charge in [-0.15, -0.1) is 0 Å². The van der Waals surface area contributed by atoms with E-state index >= 15 is 0 Å². The molecule has 2 aliphatic carbocycles. The van der Waals surface area contributed by atoms with Gasteiger partial charge < -0.3 is 96.7 Å². The fourth-order valence-corrected chi connectivity index (χ4v) is 15.1. The highest BCUT2D eigenvalue weighted by atomic mass is 32.3. The van der Waals surface area contributed by atoms with Crippen molar-refractivity contribution in [2.24, 2.45) is 17.8 Å². The van der Waals surface area contributed by atoms with Gasteiger partial charge >= 0.3 is 0 Å². The Morgan fingerprint density at radius 2 is 1.29 bits per heavy atom. The molecular formula is C67H98N10O20S. The quantitative estimate of drug-likeness (QED) is 0.0693. The van der Waals surface area contributed by atoms with Crippen LogP contribution in [-0.4, -0.2) is 266 Å². The Kier molecular flexibility index (Phi) is 26.2. The third-order valence-corrected chi connectivity index (χ3v) is 20.7. The summed E-state index contributed by atoms with van der Waals surface area (Å²) in [5.74, 6) is -8.50. The Hall–Kier alpha value is -6.82. The molecule has 30 nitrogen and oxygen atoms in total. The summed E-state index contributed by atoms with van der Waals surface area (Å²) in [7, 11) is 0. The topological polar surface area (TPSA) is 457 Å². The standard InChI is InChI=1S/C67H98N10O20S/c1-37-33-77-59(60(37)86)65(91)69-32-48(81)30-50(70-61(87)44-11-9-41(10-12-44)43-15-19-47(20-16-43)75-26-24-74(25-27-75)46-17-13-42(14-18-46)40-6-4-3-5-7-40)62(88)71-56(38(2)80)66(92)76-34-49(82)31-51(76)63(89)72-57(54(85)28-39-8-21-52(83)55(29-39)97-98(94,95)96)64(90)73-58(67(77)93)53(84)22-23-68-45(35-78)36-79/h8-12,15-16,19-21,29,37-38,40,42,45-46,48-51,53-54,56-60,68,78-86,94-96H,3-7,13-14,17-18,22-28,30-36H2,1-2H3,(H,69,91)(H,70,87)(H,71,88)(H,72,89)(H,73,90)/t37-,38+,42?,46?,48+,49+,50?,51-,53+,54+,56-,57-,58-,59-,60-/m0/s1. The SMILES string of the molecule is C[C@@H](O)[C@@H]1NC(=O)C(NC(=O)c2ccc(-c3ccc(N4CCN(C5CCC(C6CCCCC6)CC5)CC4)cc3)cc2)C[C@@H](O)CNC(=O)[C@@H]2[C@@H](O)[C@@H](C)CN2C(=O)[C@H]([C@H](O)CCNC(CO)CO)NC(=O)[C@H]([C@H](O)Cc2ccc(O)c(OS(O)(O)O)c2)NC(=O)[C@@H]2C[C@@H](O)CN2C1=O. The fourth-order valence-electron chi connectivity index (χ4n) is 14.7. The van der Waals surface area contributed by atoms with Gasteiger partial charge in [-0.05, 0) is 110 Å². The maximum absolute atomic E-state index is 15.0. The molecule has 0 bridgehead atoms. The minimum absolute atomic E-state index is 0.0547. The van der Waals surface area contributed by atoms with E-state index in [1.165, 1.54) is 82.9 Å². The molecule has 0 radical (unpaired) electrons. The Bertz CT molecular complexity index is 3200. The van der Waals surface area contributed by atoms with Crippen molar-refractivity contribution in [3.8, 4) is 22.6 Å². The number of nitrogens with one attached hydrogen (secondary N) is 6. The van der Waals surface area contributed by atoms with Crippen molar-refractivity contribution in [1.82, 2.24) is 46.6 Å². The number of aromatic hydroxyl groups is 1. The van der Waals surface area contributed by atoms with Crippen molar-refractivity contribution < 1.29 is 97.4 Å². The molecule has 1 unspecified atom stereocenters. The number of anilines is 1. The lowest BCUT2D eigenvalue weighted by Crippen LogP contribution is -2.64. The van der Waals surface area contributed by atoms with Gasteiger partial charge in [0.15, 0.2) is 11.5 Å². The first-order chi connectivity index (χ1) is 46.7. The molecule has 31 heteroatoms. The monoisotopic (exact) mass is 1390 g/mol. The molecule has 4 saturated heterocycles. The first-order valence-electron chi connectivity index (χ1n) is 34.1. The number of phenolic OH excluding ortho intramolecular Hbond substituents is 1. The van der Waals surface area contributed by atoms with Gasteiger partial charge in [-0.1, -0.05) is 69.4 Å². The van der Waals surface area contributed by atoms with Gasteiger partial charge in [0, 0.05) is 88.3 Å². The van der Waals surface area contributed by atoms with Crippen molar-refractivity contribution >= 4 is 58.2 Å². The van der Waals surface area contributed by atoms with Gasteiger partial charge in [-0.25, -0.2) is 0 Å². The second-order valence-corrected chi connectivity index (χ2v) is 28.4. The zero-order chi connectivity index (χ0) is 70.7.